The van der Waals surface area contributed by atoms with Crippen LogP contribution in [0.25, 0.3) is 16.3 Å². The largest absolute Gasteiger partial charge is 0.478 e. The monoisotopic (exact) mass is 575 g/mol. The van der Waals surface area contributed by atoms with Gasteiger partial charge < -0.3 is 25.8 Å². The van der Waals surface area contributed by atoms with E-state index in [1.54, 1.807) is 0 Å². The summed E-state index contributed by atoms with van der Waals surface area (Å²) < 4.78 is 5.97. The molecule has 0 saturated heterocycles. The van der Waals surface area contributed by atoms with Crippen molar-refractivity contribution in [3.8, 4) is 0 Å². The molecule has 4 fully saturated rings. The van der Waals surface area contributed by atoms with Crippen molar-refractivity contribution in [1.29, 1.82) is 0 Å². The number of nitrogens with two attached hydrogens (primary N) is 1. The lowest BCUT2D eigenvalue weighted by molar-refractivity contribution is -0.234. The predicted molar refractivity (Wildman–Crippen MR) is 161 cm³/mol. The summed E-state index contributed by atoms with van der Waals surface area (Å²) >= 11 is 0. The minimum Gasteiger partial charge on any atom is -0.478 e. The molecule has 0 heterocycles. The Bertz CT molecular complexity index is 1450. The second-order valence-corrected chi connectivity index (χ2v) is 14.3. The quantitative estimate of drug-likeness (QED) is 0.292. The number of ether oxygens (including phenoxy) is 1. The highest BCUT2D eigenvalue weighted by Gasteiger charge is 2.71. The Morgan fingerprint density at radius 1 is 0.976 bits per heavy atom. The third-order valence-electron chi connectivity index (χ3n) is 12.6. The number of aliphatic hydroxyl groups excluding tert-OH is 2. The van der Waals surface area contributed by atoms with Crippen molar-refractivity contribution in [2.24, 2.45) is 45.7 Å². The summed E-state index contributed by atoms with van der Waals surface area (Å²) in [5, 5.41) is 35.6. The van der Waals surface area contributed by atoms with Gasteiger partial charge in [0.2, 0.25) is 0 Å². The number of hydrogen-bond donors (Lipinski definition) is 4. The average molecular weight is 576 g/mol. The number of carbonyl (C=O) groups excluding carboxylic acids is 1. The lowest BCUT2D eigenvalue weighted by atomic mass is 9.36. The summed E-state index contributed by atoms with van der Waals surface area (Å²) in [5.41, 5.74) is 6.64. The van der Waals surface area contributed by atoms with Gasteiger partial charge >= 0.3 is 11.9 Å². The summed E-state index contributed by atoms with van der Waals surface area (Å²) in [6.45, 7) is 8.61. The molecular weight excluding hydrogens is 530 g/mol. The van der Waals surface area contributed by atoms with Crippen molar-refractivity contribution in [2.45, 2.75) is 84.5 Å². The lowest BCUT2D eigenvalue weighted by Gasteiger charge is -2.69. The second kappa shape index (κ2) is 10.2. The Labute approximate surface area is 248 Å². The van der Waals surface area contributed by atoms with E-state index in [0.717, 1.165) is 30.0 Å². The molecule has 0 amide bonds. The fraction of sp³-hybridized carbons (Fsp3) is 0.600. The van der Waals surface area contributed by atoms with E-state index in [0.29, 0.717) is 36.9 Å². The molecule has 4 aliphatic rings. The number of rotatable bonds is 4. The molecule has 7 nitrogen and oxygen atoms in total. The van der Waals surface area contributed by atoms with Crippen LogP contribution < -0.4 is 5.73 Å². The third kappa shape index (κ3) is 4.10. The zero-order valence-corrected chi connectivity index (χ0v) is 25.2. The highest BCUT2D eigenvalue weighted by atomic mass is 16.5. The molecule has 6 rings (SSSR count). The molecule has 2 aromatic rings. The van der Waals surface area contributed by atoms with E-state index in [-0.39, 0.29) is 40.1 Å². The van der Waals surface area contributed by atoms with Gasteiger partial charge in [-0.25, -0.2) is 4.79 Å². The fourth-order valence-corrected chi connectivity index (χ4v) is 10.7. The van der Waals surface area contributed by atoms with Crippen LogP contribution in [0.2, 0.25) is 0 Å². The van der Waals surface area contributed by atoms with E-state index in [2.05, 4.69) is 20.8 Å². The first-order valence-electron chi connectivity index (χ1n) is 15.6. The van der Waals surface area contributed by atoms with Gasteiger partial charge in [0, 0.05) is 12.8 Å². The van der Waals surface area contributed by atoms with Crippen LogP contribution in [0.1, 0.15) is 71.8 Å². The maximum atomic E-state index is 13.1. The van der Waals surface area contributed by atoms with Crippen LogP contribution in [0.5, 0.6) is 0 Å². The lowest BCUT2D eigenvalue weighted by Crippen LogP contribution is -2.66. The number of aliphatic hydroxyl groups is 2. The van der Waals surface area contributed by atoms with E-state index in [4.69, 9.17) is 10.5 Å². The maximum absolute atomic E-state index is 13.1. The number of hydrogen-bond acceptors (Lipinski definition) is 6. The van der Waals surface area contributed by atoms with Gasteiger partial charge in [-0.3, -0.25) is 4.79 Å². The number of benzene rings is 2. The van der Waals surface area contributed by atoms with Gasteiger partial charge in [-0.15, -0.1) is 0 Å². The first kappa shape index (κ1) is 29.3. The molecule has 4 saturated carbocycles. The Morgan fingerprint density at radius 3 is 2.36 bits per heavy atom. The molecule has 0 bridgehead atoms. The maximum Gasteiger partial charge on any atom is 0.336 e. The van der Waals surface area contributed by atoms with Crippen molar-refractivity contribution < 1.29 is 29.6 Å². The number of esters is 1. The first-order valence-corrected chi connectivity index (χ1v) is 15.6. The Hall–Kier alpha value is -2.74. The van der Waals surface area contributed by atoms with E-state index in [1.165, 1.54) is 6.92 Å². The smallest absolute Gasteiger partial charge is 0.336 e. The van der Waals surface area contributed by atoms with Gasteiger partial charge in [0.15, 0.2) is 0 Å². The van der Waals surface area contributed by atoms with Gasteiger partial charge in [0.25, 0.3) is 0 Å². The molecule has 4 aliphatic carbocycles. The molecule has 0 aliphatic heterocycles. The van der Waals surface area contributed by atoms with E-state index < -0.39 is 35.7 Å². The van der Waals surface area contributed by atoms with Gasteiger partial charge in [-0.1, -0.05) is 57.2 Å². The Balaban J connectivity index is 1.51. The Kier molecular flexibility index (Phi) is 7.11. The van der Waals surface area contributed by atoms with E-state index >= 15 is 0 Å². The second-order valence-electron chi connectivity index (χ2n) is 14.3. The number of carboxylic acids is 1. The minimum absolute atomic E-state index is 0.00498. The third-order valence-corrected chi connectivity index (χ3v) is 12.6. The highest BCUT2D eigenvalue weighted by Crippen LogP contribution is 2.74. The SMILES string of the molecule is CC(=O)O[C@H]1C[C@@]2(C)[C@@H](C[C@@H](O)[C@H]3[C@@]4(C)CC[C@@H](O)[C@@H](CN)[C@@H]4CC[C@@]32C)/C1=C(/C(=O)O)c1ccc2ccccc2c1. The van der Waals surface area contributed by atoms with Crippen LogP contribution in [-0.2, 0) is 14.3 Å². The number of aliphatic carboxylic acids is 1. The number of fused-ring (bicyclic) bond motifs is 6. The summed E-state index contributed by atoms with van der Waals surface area (Å²) in [6, 6.07) is 13.5. The summed E-state index contributed by atoms with van der Waals surface area (Å²) in [5.74, 6) is -1.58. The minimum atomic E-state index is -1.05. The number of carbonyl (C=O) groups is 2. The van der Waals surface area contributed by atoms with Crippen molar-refractivity contribution in [3.05, 3.63) is 53.6 Å². The molecule has 42 heavy (non-hydrogen) atoms. The first-order chi connectivity index (χ1) is 19.9. The highest BCUT2D eigenvalue weighted by molar-refractivity contribution is 6.17. The normalized spacial score (nSPS) is 42.3. The van der Waals surface area contributed by atoms with Crippen molar-refractivity contribution in [1.82, 2.24) is 0 Å². The average Bonchev–Trinajstić information content (AvgIpc) is 3.20. The van der Waals surface area contributed by atoms with Gasteiger partial charge in [-0.05, 0) is 107 Å². The summed E-state index contributed by atoms with van der Waals surface area (Å²) in [4.78, 5) is 25.6. The summed E-state index contributed by atoms with van der Waals surface area (Å²) in [7, 11) is 0. The van der Waals surface area contributed by atoms with Gasteiger partial charge in [0.1, 0.15) is 6.10 Å². The van der Waals surface area contributed by atoms with Crippen LogP contribution in [0.15, 0.2) is 48.0 Å². The standard InChI is InChI=1S/C35H45NO6/c1-19(37)42-28-17-35(4)25(30(28)29(32(40)41)22-10-9-20-7-5-6-8-21(20)15-22)16-27(39)31-33(2)13-12-26(38)23(18-36)24(33)11-14-34(31,35)3/h5-10,15,23-28,31,38-39H,11-14,16-18,36H2,1-4H3,(H,40,41)/b30-29-/t23-,24-,25-,26+,27+,28-,31-,33-,34-,35-/m0/s1. The van der Waals surface area contributed by atoms with Crippen LogP contribution in [-0.4, -0.2) is 52.1 Å². The molecule has 0 unspecified atom stereocenters. The molecular formula is C35H45NO6. The summed E-state index contributed by atoms with van der Waals surface area (Å²) in [6.07, 6.45) is 2.37. The van der Waals surface area contributed by atoms with Gasteiger partial charge in [0.05, 0.1) is 17.8 Å². The zero-order valence-electron chi connectivity index (χ0n) is 25.2. The molecule has 226 valence electrons. The fourth-order valence-electron chi connectivity index (χ4n) is 10.7. The molecule has 0 radical (unpaired) electrons. The van der Waals surface area contributed by atoms with Crippen LogP contribution in [0.3, 0.4) is 0 Å². The van der Waals surface area contributed by atoms with Crippen molar-refractivity contribution in [2.75, 3.05) is 6.54 Å². The van der Waals surface area contributed by atoms with Crippen LogP contribution in [0, 0.1) is 39.9 Å². The predicted octanol–water partition coefficient (Wildman–Crippen LogP) is 5.17. The molecule has 0 spiro atoms. The molecule has 2 aromatic carbocycles. The molecule has 0 aromatic heterocycles. The molecule has 7 heteroatoms. The number of carboxylic acid groups (broad SMARTS) is 1. The Morgan fingerprint density at radius 2 is 1.69 bits per heavy atom. The zero-order chi connectivity index (χ0) is 30.2. The van der Waals surface area contributed by atoms with Crippen molar-refractivity contribution >= 4 is 28.3 Å². The van der Waals surface area contributed by atoms with E-state index in [9.17, 15) is 24.9 Å². The molecule has 10 atom stereocenters. The van der Waals surface area contributed by atoms with E-state index in [1.807, 2.05) is 42.5 Å². The van der Waals surface area contributed by atoms with Gasteiger partial charge in [-0.2, -0.15) is 0 Å². The molecule has 5 N–H and O–H groups in total. The van der Waals surface area contributed by atoms with Crippen LogP contribution >= 0.6 is 0 Å². The van der Waals surface area contributed by atoms with Crippen LogP contribution in [0.4, 0.5) is 0 Å². The van der Waals surface area contributed by atoms with Crippen molar-refractivity contribution in [3.63, 3.8) is 0 Å². The topological polar surface area (TPSA) is 130 Å².